The molecule has 1 aromatic heterocycles. The first kappa shape index (κ1) is 25.0. The predicted molar refractivity (Wildman–Crippen MR) is 143 cm³/mol. The Morgan fingerprint density at radius 3 is 2.46 bits per heavy atom. The van der Waals surface area contributed by atoms with Crippen LogP contribution in [0.5, 0.6) is 17.2 Å². The van der Waals surface area contributed by atoms with E-state index in [1.165, 1.54) is 0 Å². The Hall–Kier alpha value is -3.68. The van der Waals surface area contributed by atoms with Gasteiger partial charge in [-0.2, -0.15) is 5.10 Å². The second-order valence-corrected chi connectivity index (χ2v) is 9.72. The van der Waals surface area contributed by atoms with E-state index < -0.39 is 6.04 Å². The topological polar surface area (TPSA) is 87.7 Å². The summed E-state index contributed by atoms with van der Waals surface area (Å²) >= 11 is 12.6. The van der Waals surface area contributed by atoms with E-state index in [0.717, 1.165) is 16.7 Å². The van der Waals surface area contributed by atoms with Gasteiger partial charge in [-0.3, -0.25) is 9.89 Å². The number of halogens is 2. The van der Waals surface area contributed by atoms with E-state index in [0.29, 0.717) is 57.0 Å². The molecule has 1 amide bonds. The van der Waals surface area contributed by atoms with E-state index in [1.54, 1.807) is 43.4 Å². The molecule has 1 aliphatic rings. The summed E-state index contributed by atoms with van der Waals surface area (Å²) in [5, 5.41) is 19.2. The number of amides is 1. The summed E-state index contributed by atoms with van der Waals surface area (Å²) in [6.07, 6.45) is 0.588. The van der Waals surface area contributed by atoms with Crippen molar-refractivity contribution in [3.63, 3.8) is 0 Å². The molecule has 0 saturated carbocycles. The number of H-pyrrole nitrogens is 1. The molecule has 0 aliphatic carbocycles. The minimum atomic E-state index is -0.437. The maximum Gasteiger partial charge on any atom is 0.273 e. The molecule has 0 radical (unpaired) electrons. The second kappa shape index (κ2) is 10.00. The minimum absolute atomic E-state index is 0.0438. The highest BCUT2D eigenvalue weighted by Crippen LogP contribution is 2.45. The molecule has 4 aromatic rings. The molecule has 1 atom stereocenters. The summed E-state index contributed by atoms with van der Waals surface area (Å²) in [7, 11) is 3.19. The van der Waals surface area contributed by atoms with Gasteiger partial charge in [0.2, 0.25) is 0 Å². The van der Waals surface area contributed by atoms with Crippen molar-refractivity contribution >= 4 is 29.1 Å². The first-order valence-corrected chi connectivity index (χ1v) is 12.4. The smallest absolute Gasteiger partial charge is 0.273 e. The molecule has 2 heterocycles. The molecule has 1 unspecified atom stereocenters. The zero-order valence-electron chi connectivity index (χ0n) is 20.5. The number of aryl methyl sites for hydroxylation is 1. The van der Waals surface area contributed by atoms with Gasteiger partial charge in [-0.05, 0) is 66.4 Å². The van der Waals surface area contributed by atoms with Gasteiger partial charge in [0.15, 0.2) is 11.5 Å². The number of phenols is 1. The lowest BCUT2D eigenvalue weighted by atomic mass is 9.95. The van der Waals surface area contributed by atoms with Crippen molar-refractivity contribution in [3.8, 4) is 28.5 Å². The lowest BCUT2D eigenvalue weighted by Gasteiger charge is -2.26. The van der Waals surface area contributed by atoms with Gasteiger partial charge in [-0.15, -0.1) is 0 Å². The Labute approximate surface area is 224 Å². The second-order valence-electron chi connectivity index (χ2n) is 8.87. The van der Waals surface area contributed by atoms with Crippen LogP contribution in [0.2, 0.25) is 10.0 Å². The number of aromatic amines is 1. The standard InChI is InChI=1S/C28H25Cl2N3O4/c1-15-12-21(34)19(14-20(15)30)25-24-26(32-31-25)28(35)33(27(24)17-5-7-18(29)8-6-17)11-10-16-4-9-22(36-2)23(13-16)37-3/h4-9,12-14,27,34H,10-11H2,1-3H3,(H,31,32). The van der Waals surface area contributed by atoms with Crippen LogP contribution in [0.15, 0.2) is 54.6 Å². The normalized spacial score (nSPS) is 14.7. The van der Waals surface area contributed by atoms with Crippen molar-refractivity contribution in [2.24, 2.45) is 0 Å². The van der Waals surface area contributed by atoms with Gasteiger partial charge < -0.3 is 19.5 Å². The maximum atomic E-state index is 13.6. The number of rotatable bonds is 7. The molecule has 2 N–H and O–H groups in total. The van der Waals surface area contributed by atoms with Crippen molar-refractivity contribution in [1.29, 1.82) is 0 Å². The number of phenolic OH excluding ortho intramolecular Hbond substituents is 1. The van der Waals surface area contributed by atoms with Crippen LogP contribution < -0.4 is 9.47 Å². The van der Waals surface area contributed by atoms with Gasteiger partial charge >= 0.3 is 0 Å². The molecule has 7 nitrogen and oxygen atoms in total. The number of fused-ring (bicyclic) bond motifs is 1. The number of carbonyl (C=O) groups excluding carboxylic acids is 1. The van der Waals surface area contributed by atoms with Crippen LogP contribution in [0.25, 0.3) is 11.3 Å². The van der Waals surface area contributed by atoms with Gasteiger partial charge in [0.25, 0.3) is 5.91 Å². The quantitative estimate of drug-likeness (QED) is 0.293. The van der Waals surface area contributed by atoms with Crippen LogP contribution in [-0.4, -0.2) is 46.9 Å². The molecule has 0 spiro atoms. The molecular formula is C28H25Cl2N3O4. The third-order valence-corrected chi connectivity index (χ3v) is 7.33. The number of benzene rings is 3. The number of nitrogens with one attached hydrogen (secondary N) is 1. The van der Waals surface area contributed by atoms with Crippen molar-refractivity contribution in [3.05, 3.63) is 92.6 Å². The summed E-state index contributed by atoms with van der Waals surface area (Å²) in [6.45, 7) is 2.25. The van der Waals surface area contributed by atoms with Gasteiger partial charge in [-0.25, -0.2) is 0 Å². The Kier molecular flexibility index (Phi) is 6.75. The average Bonchev–Trinajstić information content (AvgIpc) is 3.44. The Balaban J connectivity index is 1.56. The maximum absolute atomic E-state index is 13.6. The molecule has 0 saturated heterocycles. The molecular weight excluding hydrogens is 513 g/mol. The fraction of sp³-hybridized carbons (Fsp3) is 0.214. The Morgan fingerprint density at radius 2 is 1.76 bits per heavy atom. The zero-order chi connectivity index (χ0) is 26.3. The summed E-state index contributed by atoms with van der Waals surface area (Å²) in [4.78, 5) is 15.4. The van der Waals surface area contributed by atoms with Gasteiger partial charge in [0.05, 0.1) is 20.3 Å². The number of hydrogen-bond acceptors (Lipinski definition) is 5. The van der Waals surface area contributed by atoms with Gasteiger partial charge in [0, 0.05) is 27.7 Å². The van der Waals surface area contributed by atoms with Crippen LogP contribution in [0, 0.1) is 6.92 Å². The molecule has 1 aliphatic heterocycles. The molecule has 3 aromatic carbocycles. The lowest BCUT2D eigenvalue weighted by molar-refractivity contribution is 0.0746. The first-order chi connectivity index (χ1) is 17.8. The van der Waals surface area contributed by atoms with Gasteiger partial charge in [0.1, 0.15) is 17.1 Å². The highest BCUT2D eigenvalue weighted by Gasteiger charge is 2.42. The number of carbonyl (C=O) groups is 1. The Bertz CT molecular complexity index is 1480. The van der Waals surface area contributed by atoms with Crippen LogP contribution in [0.3, 0.4) is 0 Å². The first-order valence-electron chi connectivity index (χ1n) is 11.7. The molecule has 37 heavy (non-hydrogen) atoms. The monoisotopic (exact) mass is 537 g/mol. The third kappa shape index (κ3) is 4.49. The van der Waals surface area contributed by atoms with Crippen LogP contribution in [0.1, 0.15) is 38.8 Å². The molecule has 0 bridgehead atoms. The third-order valence-electron chi connectivity index (χ3n) is 6.67. The number of methoxy groups -OCH3 is 2. The summed E-state index contributed by atoms with van der Waals surface area (Å²) in [6, 6.07) is 16.0. The van der Waals surface area contributed by atoms with Crippen LogP contribution >= 0.6 is 23.2 Å². The fourth-order valence-electron chi connectivity index (χ4n) is 4.77. The van der Waals surface area contributed by atoms with E-state index in [1.807, 2.05) is 37.3 Å². The number of aromatic hydroxyl groups is 1. The minimum Gasteiger partial charge on any atom is -0.507 e. The summed E-state index contributed by atoms with van der Waals surface area (Å²) < 4.78 is 10.8. The van der Waals surface area contributed by atoms with E-state index >= 15 is 0 Å². The van der Waals surface area contributed by atoms with Crippen LogP contribution in [0.4, 0.5) is 0 Å². The molecule has 9 heteroatoms. The molecule has 190 valence electrons. The highest BCUT2D eigenvalue weighted by atomic mass is 35.5. The van der Waals surface area contributed by atoms with E-state index in [4.69, 9.17) is 32.7 Å². The summed E-state index contributed by atoms with van der Waals surface area (Å²) in [5.74, 6) is 1.14. The zero-order valence-corrected chi connectivity index (χ0v) is 22.0. The molecule has 0 fully saturated rings. The SMILES string of the molecule is COc1ccc(CCN2C(=O)c3[nH]nc(-c4cc(Cl)c(C)cc4O)c3C2c2ccc(Cl)cc2)cc1OC. The van der Waals surface area contributed by atoms with Gasteiger partial charge in [-0.1, -0.05) is 41.4 Å². The number of nitrogens with zero attached hydrogens (tertiary/aromatic N) is 2. The van der Waals surface area contributed by atoms with E-state index in [2.05, 4.69) is 10.2 Å². The fourth-order valence-corrected chi connectivity index (χ4v) is 5.06. The van der Waals surface area contributed by atoms with Crippen molar-refractivity contribution in [2.45, 2.75) is 19.4 Å². The Morgan fingerprint density at radius 1 is 1.03 bits per heavy atom. The number of hydrogen-bond donors (Lipinski definition) is 2. The van der Waals surface area contributed by atoms with E-state index in [9.17, 15) is 9.90 Å². The van der Waals surface area contributed by atoms with Crippen LogP contribution in [-0.2, 0) is 6.42 Å². The summed E-state index contributed by atoms with van der Waals surface area (Å²) in [5.41, 5.74) is 4.64. The van der Waals surface area contributed by atoms with Crippen molar-refractivity contribution in [1.82, 2.24) is 15.1 Å². The van der Waals surface area contributed by atoms with E-state index in [-0.39, 0.29) is 11.7 Å². The lowest BCUT2D eigenvalue weighted by Crippen LogP contribution is -2.31. The van der Waals surface area contributed by atoms with Crippen molar-refractivity contribution < 1.29 is 19.4 Å². The predicted octanol–water partition coefficient (Wildman–Crippen LogP) is 6.20. The largest absolute Gasteiger partial charge is 0.507 e. The molecule has 5 rings (SSSR count). The average molecular weight is 538 g/mol. The highest BCUT2D eigenvalue weighted by molar-refractivity contribution is 6.31. The number of ether oxygens (including phenoxy) is 2. The number of aromatic nitrogens is 2. The van der Waals surface area contributed by atoms with Crippen molar-refractivity contribution in [2.75, 3.05) is 20.8 Å².